The predicted molar refractivity (Wildman–Crippen MR) is 77.3 cm³/mol. The normalized spacial score (nSPS) is 20.6. The van der Waals surface area contributed by atoms with Crippen LogP contribution in [0.2, 0.25) is 0 Å². The molecule has 0 radical (unpaired) electrons. The van der Waals surface area contributed by atoms with E-state index in [-0.39, 0.29) is 0 Å². The van der Waals surface area contributed by atoms with Crippen molar-refractivity contribution in [1.82, 2.24) is 0 Å². The fraction of sp³-hybridized carbons (Fsp3) is 0.600. The van der Waals surface area contributed by atoms with Crippen LogP contribution in [-0.4, -0.2) is 19.7 Å². The molecular weight excluding hydrogens is 224 g/mol. The molecular formula is C15H24N2O. The van der Waals surface area contributed by atoms with Gasteiger partial charge in [-0.3, -0.25) is 0 Å². The summed E-state index contributed by atoms with van der Waals surface area (Å²) in [5.74, 6) is 0.833. The van der Waals surface area contributed by atoms with E-state index in [4.69, 9.17) is 10.5 Å². The summed E-state index contributed by atoms with van der Waals surface area (Å²) in [6.45, 7) is 3.39. The van der Waals surface area contributed by atoms with Gasteiger partial charge in [0, 0.05) is 18.7 Å². The molecule has 0 aromatic heterocycles. The Morgan fingerprint density at radius 2 is 2.17 bits per heavy atom. The summed E-state index contributed by atoms with van der Waals surface area (Å²) in [6.07, 6.45) is 6.41. The highest BCUT2D eigenvalue weighted by molar-refractivity contribution is 5.70. The number of nitrogens with two attached hydrogens (primary N) is 1. The standard InChI is InChI=1S/C15H24N2O/c1-3-12-7-5-4-6-10-17(12)15-9-8-13(18-2)11-14(15)16/h8-9,11-12H,3-7,10,16H2,1-2H3. The van der Waals surface area contributed by atoms with Crippen molar-refractivity contribution in [2.24, 2.45) is 0 Å². The summed E-state index contributed by atoms with van der Waals surface area (Å²) in [4.78, 5) is 2.49. The Balaban J connectivity index is 2.27. The van der Waals surface area contributed by atoms with Gasteiger partial charge in [-0.1, -0.05) is 19.8 Å². The quantitative estimate of drug-likeness (QED) is 0.833. The van der Waals surface area contributed by atoms with Crippen LogP contribution in [0.25, 0.3) is 0 Å². The number of ether oxygens (including phenoxy) is 1. The predicted octanol–water partition coefficient (Wildman–Crippen LogP) is 3.44. The van der Waals surface area contributed by atoms with Crippen LogP contribution in [0.4, 0.5) is 11.4 Å². The zero-order valence-corrected chi connectivity index (χ0v) is 11.5. The summed E-state index contributed by atoms with van der Waals surface area (Å²) in [5.41, 5.74) is 8.17. The van der Waals surface area contributed by atoms with Crippen molar-refractivity contribution < 1.29 is 4.74 Å². The van der Waals surface area contributed by atoms with Crippen LogP contribution in [0.3, 0.4) is 0 Å². The van der Waals surface area contributed by atoms with Crippen molar-refractivity contribution in [3.63, 3.8) is 0 Å². The number of benzene rings is 1. The maximum absolute atomic E-state index is 6.17. The van der Waals surface area contributed by atoms with E-state index >= 15 is 0 Å². The van der Waals surface area contributed by atoms with E-state index in [1.54, 1.807) is 7.11 Å². The highest BCUT2D eigenvalue weighted by Gasteiger charge is 2.21. The number of hydrogen-bond donors (Lipinski definition) is 1. The first-order chi connectivity index (χ1) is 8.76. The van der Waals surface area contributed by atoms with Crippen molar-refractivity contribution in [3.8, 4) is 5.75 Å². The van der Waals surface area contributed by atoms with E-state index in [2.05, 4.69) is 17.9 Å². The molecule has 0 spiro atoms. The molecule has 1 fully saturated rings. The Hall–Kier alpha value is -1.38. The van der Waals surface area contributed by atoms with Crippen molar-refractivity contribution in [3.05, 3.63) is 18.2 Å². The van der Waals surface area contributed by atoms with E-state index < -0.39 is 0 Å². The third-order valence-corrected chi connectivity index (χ3v) is 3.89. The summed E-state index contributed by atoms with van der Waals surface area (Å²) < 4.78 is 5.22. The molecule has 1 aliphatic heterocycles. The number of rotatable bonds is 3. The molecule has 1 unspecified atom stereocenters. The highest BCUT2D eigenvalue weighted by Crippen LogP contribution is 2.32. The number of anilines is 2. The zero-order valence-electron chi connectivity index (χ0n) is 11.5. The summed E-state index contributed by atoms with van der Waals surface area (Å²) in [7, 11) is 1.68. The van der Waals surface area contributed by atoms with Gasteiger partial charge in [0.1, 0.15) is 5.75 Å². The molecule has 1 aliphatic rings. The molecule has 3 heteroatoms. The molecule has 2 rings (SSSR count). The van der Waals surface area contributed by atoms with E-state index in [0.717, 1.165) is 18.0 Å². The maximum Gasteiger partial charge on any atom is 0.121 e. The molecule has 1 aromatic carbocycles. The van der Waals surface area contributed by atoms with Crippen molar-refractivity contribution >= 4 is 11.4 Å². The van der Waals surface area contributed by atoms with Gasteiger partial charge in [-0.05, 0) is 31.4 Å². The van der Waals surface area contributed by atoms with Gasteiger partial charge in [0.15, 0.2) is 0 Å². The molecule has 0 saturated carbocycles. The van der Waals surface area contributed by atoms with Crippen molar-refractivity contribution in [1.29, 1.82) is 0 Å². The summed E-state index contributed by atoms with van der Waals surface area (Å²) in [5, 5.41) is 0. The van der Waals surface area contributed by atoms with Crippen LogP contribution >= 0.6 is 0 Å². The van der Waals surface area contributed by atoms with Crippen molar-refractivity contribution in [2.45, 2.75) is 45.1 Å². The first kappa shape index (κ1) is 13.1. The molecule has 1 atom stereocenters. The number of methoxy groups -OCH3 is 1. The van der Waals surface area contributed by atoms with E-state index in [1.165, 1.54) is 37.8 Å². The second-order valence-corrected chi connectivity index (χ2v) is 5.03. The fourth-order valence-corrected chi connectivity index (χ4v) is 2.84. The van der Waals surface area contributed by atoms with Gasteiger partial charge in [-0.25, -0.2) is 0 Å². The minimum Gasteiger partial charge on any atom is -0.497 e. The van der Waals surface area contributed by atoms with Crippen LogP contribution in [0.1, 0.15) is 39.0 Å². The summed E-state index contributed by atoms with van der Waals surface area (Å²) in [6, 6.07) is 6.65. The average molecular weight is 248 g/mol. The first-order valence-corrected chi connectivity index (χ1v) is 6.96. The minimum atomic E-state index is 0.628. The van der Waals surface area contributed by atoms with Gasteiger partial charge in [-0.2, -0.15) is 0 Å². The van der Waals surface area contributed by atoms with Crippen LogP contribution in [-0.2, 0) is 0 Å². The Bertz CT molecular complexity index is 392. The van der Waals surface area contributed by atoms with Crippen LogP contribution in [0.15, 0.2) is 18.2 Å². The molecule has 3 nitrogen and oxygen atoms in total. The maximum atomic E-state index is 6.17. The highest BCUT2D eigenvalue weighted by atomic mass is 16.5. The lowest BCUT2D eigenvalue weighted by Gasteiger charge is -2.32. The lowest BCUT2D eigenvalue weighted by molar-refractivity contribution is 0.415. The average Bonchev–Trinajstić information content (AvgIpc) is 2.63. The van der Waals surface area contributed by atoms with E-state index in [1.807, 2.05) is 12.1 Å². The smallest absolute Gasteiger partial charge is 0.121 e. The molecule has 18 heavy (non-hydrogen) atoms. The van der Waals surface area contributed by atoms with Gasteiger partial charge in [0.25, 0.3) is 0 Å². The Morgan fingerprint density at radius 1 is 1.33 bits per heavy atom. The fourth-order valence-electron chi connectivity index (χ4n) is 2.84. The molecule has 1 heterocycles. The van der Waals surface area contributed by atoms with Crippen LogP contribution in [0, 0.1) is 0 Å². The molecule has 0 bridgehead atoms. The third kappa shape index (κ3) is 2.71. The molecule has 2 N–H and O–H groups in total. The largest absolute Gasteiger partial charge is 0.497 e. The van der Waals surface area contributed by atoms with Crippen LogP contribution < -0.4 is 15.4 Å². The first-order valence-electron chi connectivity index (χ1n) is 6.96. The minimum absolute atomic E-state index is 0.628. The van der Waals surface area contributed by atoms with Gasteiger partial charge in [0.05, 0.1) is 18.5 Å². The van der Waals surface area contributed by atoms with Crippen molar-refractivity contribution in [2.75, 3.05) is 24.3 Å². The second-order valence-electron chi connectivity index (χ2n) is 5.03. The van der Waals surface area contributed by atoms with E-state index in [0.29, 0.717) is 6.04 Å². The molecule has 1 saturated heterocycles. The Kier molecular flexibility index (Phi) is 4.34. The number of hydrogen-bond acceptors (Lipinski definition) is 3. The zero-order chi connectivity index (χ0) is 13.0. The number of nitrogen functional groups attached to an aromatic ring is 1. The summed E-state index contributed by atoms with van der Waals surface area (Å²) >= 11 is 0. The topological polar surface area (TPSA) is 38.5 Å². The molecule has 0 aliphatic carbocycles. The monoisotopic (exact) mass is 248 g/mol. The molecule has 100 valence electrons. The van der Waals surface area contributed by atoms with Gasteiger partial charge in [-0.15, -0.1) is 0 Å². The van der Waals surface area contributed by atoms with Gasteiger partial charge < -0.3 is 15.4 Å². The van der Waals surface area contributed by atoms with E-state index in [9.17, 15) is 0 Å². The number of nitrogens with zero attached hydrogens (tertiary/aromatic N) is 1. The van der Waals surface area contributed by atoms with Gasteiger partial charge in [0.2, 0.25) is 0 Å². The Labute approximate surface area is 110 Å². The molecule has 0 amide bonds. The SMILES string of the molecule is CCC1CCCCCN1c1ccc(OC)cc1N. The second kappa shape index (κ2) is 5.98. The lowest BCUT2D eigenvalue weighted by Crippen LogP contribution is -2.34. The molecule has 1 aromatic rings. The lowest BCUT2D eigenvalue weighted by atomic mass is 10.1. The van der Waals surface area contributed by atoms with Crippen LogP contribution in [0.5, 0.6) is 5.75 Å². The Morgan fingerprint density at radius 3 is 2.83 bits per heavy atom. The van der Waals surface area contributed by atoms with Gasteiger partial charge >= 0.3 is 0 Å². The third-order valence-electron chi connectivity index (χ3n) is 3.89.